The number of rotatable bonds is 3. The van der Waals surface area contributed by atoms with E-state index in [9.17, 15) is 13.2 Å². The first-order valence-electron chi connectivity index (χ1n) is 5.40. The fourth-order valence-electron chi connectivity index (χ4n) is 1.72. The monoisotopic (exact) mass is 314 g/mol. The van der Waals surface area contributed by atoms with Gasteiger partial charge in [-0.3, -0.25) is 0 Å². The average Bonchev–Trinajstić information content (AvgIpc) is 2.35. The maximum atomic E-state index is 13.5. The van der Waals surface area contributed by atoms with Crippen LogP contribution in [0.25, 0.3) is 0 Å². The van der Waals surface area contributed by atoms with Crippen molar-refractivity contribution < 1.29 is 13.2 Å². The molecule has 0 fully saturated rings. The van der Waals surface area contributed by atoms with Crippen molar-refractivity contribution in [2.45, 2.75) is 11.2 Å². The van der Waals surface area contributed by atoms with Crippen molar-refractivity contribution in [3.63, 3.8) is 0 Å². The van der Waals surface area contributed by atoms with E-state index in [0.717, 1.165) is 18.2 Å². The lowest BCUT2D eigenvalue weighted by Gasteiger charge is -2.12. The summed E-state index contributed by atoms with van der Waals surface area (Å²) in [5.41, 5.74) is 0.654. The molecule has 0 N–H and O–H groups in total. The molecule has 18 heavy (non-hydrogen) atoms. The van der Waals surface area contributed by atoms with Crippen molar-refractivity contribution in [2.24, 2.45) is 0 Å². The lowest BCUT2D eigenvalue weighted by Crippen LogP contribution is -2.01. The molecule has 0 heterocycles. The minimum Gasteiger partial charge on any atom is -0.207 e. The van der Waals surface area contributed by atoms with Gasteiger partial charge >= 0.3 is 0 Å². The molecule has 94 valence electrons. The summed E-state index contributed by atoms with van der Waals surface area (Å²) in [6, 6.07) is 9.51. The third-order valence-electron chi connectivity index (χ3n) is 2.65. The van der Waals surface area contributed by atoms with E-state index in [4.69, 9.17) is 0 Å². The minimum atomic E-state index is -0.510. The third kappa shape index (κ3) is 2.93. The van der Waals surface area contributed by atoms with Crippen LogP contribution in [0.5, 0.6) is 0 Å². The number of halogens is 4. The first kappa shape index (κ1) is 13.1. The molecule has 1 atom stereocenters. The molecule has 0 amide bonds. The van der Waals surface area contributed by atoms with E-state index in [1.165, 1.54) is 6.07 Å². The highest BCUT2D eigenvalue weighted by atomic mass is 79.9. The number of alkyl halides is 1. The summed E-state index contributed by atoms with van der Waals surface area (Å²) in [4.78, 5) is -0.468. The summed E-state index contributed by atoms with van der Waals surface area (Å²) >= 11 is 3.27. The minimum absolute atomic E-state index is 0.193. The SMILES string of the molecule is Fc1ccc(F)c(C(Br)Cc2ccccc2F)c1. The molecule has 0 aromatic heterocycles. The van der Waals surface area contributed by atoms with Gasteiger partial charge in [0.15, 0.2) is 0 Å². The second kappa shape index (κ2) is 5.57. The van der Waals surface area contributed by atoms with Crippen molar-refractivity contribution in [1.29, 1.82) is 0 Å². The predicted octanol–water partition coefficient (Wildman–Crippen LogP) is 4.78. The lowest BCUT2D eigenvalue weighted by molar-refractivity contribution is 0.578. The summed E-state index contributed by atoms with van der Waals surface area (Å²) in [5.74, 6) is -1.36. The van der Waals surface area contributed by atoms with Crippen LogP contribution < -0.4 is 0 Å². The van der Waals surface area contributed by atoms with Gasteiger partial charge in [-0.1, -0.05) is 34.1 Å². The predicted molar refractivity (Wildman–Crippen MR) is 68.1 cm³/mol. The maximum Gasteiger partial charge on any atom is 0.127 e. The number of hydrogen-bond acceptors (Lipinski definition) is 0. The van der Waals surface area contributed by atoms with Gasteiger partial charge < -0.3 is 0 Å². The van der Waals surface area contributed by atoms with Crippen LogP contribution in [0.3, 0.4) is 0 Å². The molecule has 0 aliphatic rings. The normalized spacial score (nSPS) is 12.4. The molecular formula is C14H10BrF3. The highest BCUT2D eigenvalue weighted by Crippen LogP contribution is 2.30. The molecule has 2 rings (SSSR count). The smallest absolute Gasteiger partial charge is 0.127 e. The highest BCUT2D eigenvalue weighted by molar-refractivity contribution is 9.09. The second-order valence-electron chi connectivity index (χ2n) is 3.93. The van der Waals surface area contributed by atoms with Gasteiger partial charge in [0, 0.05) is 10.4 Å². The molecule has 0 saturated heterocycles. The fraction of sp³-hybridized carbons (Fsp3) is 0.143. The van der Waals surface area contributed by atoms with Gasteiger partial charge in [-0.05, 0) is 36.2 Å². The van der Waals surface area contributed by atoms with Crippen LogP contribution in [-0.2, 0) is 6.42 Å². The van der Waals surface area contributed by atoms with Gasteiger partial charge in [-0.2, -0.15) is 0 Å². The summed E-state index contributed by atoms with van der Waals surface area (Å²) in [6.45, 7) is 0. The molecule has 2 aromatic rings. The lowest BCUT2D eigenvalue weighted by atomic mass is 10.0. The van der Waals surface area contributed by atoms with Crippen molar-refractivity contribution in [2.75, 3.05) is 0 Å². The Labute approximate surface area is 112 Å². The molecule has 0 radical (unpaired) electrons. The van der Waals surface area contributed by atoms with E-state index in [1.54, 1.807) is 18.2 Å². The van der Waals surface area contributed by atoms with E-state index >= 15 is 0 Å². The van der Waals surface area contributed by atoms with Crippen LogP contribution >= 0.6 is 15.9 Å². The summed E-state index contributed by atoms with van der Waals surface area (Å²) < 4.78 is 40.1. The molecule has 0 bridgehead atoms. The zero-order chi connectivity index (χ0) is 13.1. The molecule has 0 aliphatic heterocycles. The first-order valence-corrected chi connectivity index (χ1v) is 6.32. The molecule has 4 heteroatoms. The fourth-order valence-corrected chi connectivity index (χ4v) is 2.42. The quantitative estimate of drug-likeness (QED) is 0.715. The Hall–Kier alpha value is -1.29. The second-order valence-corrected chi connectivity index (χ2v) is 5.03. The number of benzene rings is 2. The first-order chi connectivity index (χ1) is 8.58. The van der Waals surface area contributed by atoms with Gasteiger partial charge in [-0.25, -0.2) is 13.2 Å². The van der Waals surface area contributed by atoms with Crippen LogP contribution in [0.2, 0.25) is 0 Å². The van der Waals surface area contributed by atoms with Crippen molar-refractivity contribution >= 4 is 15.9 Å². The molecular weight excluding hydrogens is 305 g/mol. The van der Waals surface area contributed by atoms with Crippen molar-refractivity contribution in [3.05, 3.63) is 71.0 Å². The molecule has 1 unspecified atom stereocenters. The maximum absolute atomic E-state index is 13.5. The zero-order valence-electron chi connectivity index (χ0n) is 9.34. The van der Waals surface area contributed by atoms with Gasteiger partial charge in [0.05, 0.1) is 0 Å². The van der Waals surface area contributed by atoms with Gasteiger partial charge in [-0.15, -0.1) is 0 Å². The zero-order valence-corrected chi connectivity index (χ0v) is 10.9. The van der Waals surface area contributed by atoms with E-state index in [-0.39, 0.29) is 17.8 Å². The Kier molecular flexibility index (Phi) is 4.07. The molecule has 0 spiro atoms. The molecule has 2 aromatic carbocycles. The molecule has 0 nitrogen and oxygen atoms in total. The van der Waals surface area contributed by atoms with Crippen LogP contribution in [0, 0.1) is 17.5 Å². The largest absolute Gasteiger partial charge is 0.207 e. The average molecular weight is 315 g/mol. The molecule has 0 saturated carbocycles. The summed E-state index contributed by atoms with van der Waals surface area (Å²) in [6.07, 6.45) is 0.257. The van der Waals surface area contributed by atoms with Gasteiger partial charge in [0.25, 0.3) is 0 Å². The van der Waals surface area contributed by atoms with Gasteiger partial charge in [0.1, 0.15) is 17.5 Å². The van der Waals surface area contributed by atoms with E-state index < -0.39 is 16.5 Å². The van der Waals surface area contributed by atoms with Crippen molar-refractivity contribution in [3.8, 4) is 0 Å². The van der Waals surface area contributed by atoms with Gasteiger partial charge in [0.2, 0.25) is 0 Å². The summed E-state index contributed by atoms with van der Waals surface area (Å²) in [7, 11) is 0. The standard InChI is InChI=1S/C14H10BrF3/c15-12(7-9-3-1-2-4-13(9)17)11-8-10(16)5-6-14(11)18/h1-6,8,12H,7H2. The topological polar surface area (TPSA) is 0 Å². The van der Waals surface area contributed by atoms with Crippen molar-refractivity contribution in [1.82, 2.24) is 0 Å². The Morgan fingerprint density at radius 2 is 1.67 bits per heavy atom. The van der Waals surface area contributed by atoms with Crippen LogP contribution in [0.4, 0.5) is 13.2 Å². The Morgan fingerprint density at radius 3 is 2.39 bits per heavy atom. The van der Waals surface area contributed by atoms with E-state index in [1.807, 2.05) is 0 Å². The van der Waals surface area contributed by atoms with Crippen LogP contribution in [0.1, 0.15) is 16.0 Å². The highest BCUT2D eigenvalue weighted by Gasteiger charge is 2.15. The van der Waals surface area contributed by atoms with E-state index in [0.29, 0.717) is 5.56 Å². The Balaban J connectivity index is 2.25. The van der Waals surface area contributed by atoms with Crippen LogP contribution in [0.15, 0.2) is 42.5 Å². The van der Waals surface area contributed by atoms with Crippen LogP contribution in [-0.4, -0.2) is 0 Å². The third-order valence-corrected chi connectivity index (χ3v) is 3.47. The summed E-state index contributed by atoms with van der Waals surface area (Å²) in [5, 5.41) is 0. The van der Waals surface area contributed by atoms with E-state index in [2.05, 4.69) is 15.9 Å². The Morgan fingerprint density at radius 1 is 0.944 bits per heavy atom. The number of hydrogen-bond donors (Lipinski definition) is 0. The molecule has 0 aliphatic carbocycles. The Bertz CT molecular complexity index is 554.